The number of piperidine rings is 1. The number of H-pyrrole nitrogens is 1. The summed E-state index contributed by atoms with van der Waals surface area (Å²) in [4.78, 5) is 14.8. The molecule has 2 atom stereocenters. The lowest BCUT2D eigenvalue weighted by molar-refractivity contribution is 0.249. The smallest absolute Gasteiger partial charge is 0.237 e. The van der Waals surface area contributed by atoms with Gasteiger partial charge < -0.3 is 20.7 Å². The summed E-state index contributed by atoms with van der Waals surface area (Å²) >= 11 is 0. The van der Waals surface area contributed by atoms with Crippen LogP contribution in [0.3, 0.4) is 0 Å². The molecule has 2 aliphatic rings. The maximum atomic E-state index is 13.1. The Kier molecular flexibility index (Phi) is 6.87. The minimum atomic E-state index is -1.20. The van der Waals surface area contributed by atoms with Crippen LogP contribution < -0.4 is 20.7 Å². The van der Waals surface area contributed by atoms with Gasteiger partial charge in [0.15, 0.2) is 11.9 Å². The molecular formula is C29H36N8O2S. The summed E-state index contributed by atoms with van der Waals surface area (Å²) in [6, 6.07) is 11.9. The van der Waals surface area contributed by atoms with E-state index < -0.39 is 10.8 Å². The quantitative estimate of drug-likeness (QED) is 0.292. The van der Waals surface area contributed by atoms with E-state index in [0.717, 1.165) is 37.4 Å². The second kappa shape index (κ2) is 10.4. The Hall–Kier alpha value is -3.70. The number of aromatic amines is 1. The largest absolute Gasteiger partial charge is 0.468 e. The molecule has 210 valence electrons. The summed E-state index contributed by atoms with van der Waals surface area (Å²) in [6.45, 7) is 10.3. The number of likely N-dealkylation sites (tertiary alicyclic amines) is 1. The lowest BCUT2D eigenvalue weighted by Gasteiger charge is -2.30. The van der Waals surface area contributed by atoms with Crippen molar-refractivity contribution in [3.63, 3.8) is 0 Å². The molecular weight excluding hydrogens is 524 g/mol. The fraction of sp³-hybridized carbons (Fsp3) is 0.414. The van der Waals surface area contributed by atoms with Gasteiger partial charge in [-0.1, -0.05) is 26.0 Å². The Balaban J connectivity index is 1.41. The highest BCUT2D eigenvalue weighted by molar-refractivity contribution is 7.85. The number of hydrogen-bond acceptors (Lipinski definition) is 9. The zero-order valence-electron chi connectivity index (χ0n) is 23.6. The highest BCUT2D eigenvalue weighted by atomic mass is 32.2. The molecule has 0 saturated carbocycles. The van der Waals surface area contributed by atoms with Gasteiger partial charge in [0.05, 0.1) is 27.1 Å². The highest BCUT2D eigenvalue weighted by Gasteiger charge is 2.34. The highest BCUT2D eigenvalue weighted by Crippen LogP contribution is 2.45. The van der Waals surface area contributed by atoms with Crippen LogP contribution >= 0.6 is 0 Å². The van der Waals surface area contributed by atoms with Gasteiger partial charge in [-0.2, -0.15) is 15.1 Å². The van der Waals surface area contributed by atoms with Gasteiger partial charge in [0.1, 0.15) is 22.8 Å². The van der Waals surface area contributed by atoms with Crippen LogP contribution in [0.1, 0.15) is 50.7 Å². The van der Waals surface area contributed by atoms with Crippen LogP contribution in [-0.4, -0.2) is 60.9 Å². The predicted octanol–water partition coefficient (Wildman–Crippen LogP) is 5.19. The van der Waals surface area contributed by atoms with E-state index in [1.54, 1.807) is 0 Å². The molecule has 2 aromatic heterocycles. The maximum absolute atomic E-state index is 13.1. The SMILES string of the molecule is Cc1cc2c(cc1C1CCN(C)CC1)OC(C)N2c1nc(Nc2ccccc2S(=O)C(C)C)c2c(N)[nH]nc2n1. The van der Waals surface area contributed by atoms with E-state index in [0.29, 0.717) is 45.1 Å². The van der Waals surface area contributed by atoms with Gasteiger partial charge in [-0.25, -0.2) is 0 Å². The molecule has 11 heteroatoms. The third-order valence-electron chi connectivity index (χ3n) is 7.86. The number of nitrogens with one attached hydrogen (secondary N) is 2. The summed E-state index contributed by atoms with van der Waals surface area (Å²) < 4.78 is 19.4. The summed E-state index contributed by atoms with van der Waals surface area (Å²) in [7, 11) is 0.989. The minimum Gasteiger partial charge on any atom is -0.468 e. The van der Waals surface area contributed by atoms with Crippen molar-refractivity contribution < 1.29 is 8.95 Å². The lowest BCUT2D eigenvalue weighted by atomic mass is 9.86. The summed E-state index contributed by atoms with van der Waals surface area (Å²) in [5.74, 6) is 2.66. The van der Waals surface area contributed by atoms with Crippen LogP contribution in [0.15, 0.2) is 41.3 Å². The second-order valence-electron chi connectivity index (χ2n) is 11.0. The van der Waals surface area contributed by atoms with Crippen molar-refractivity contribution in [3.05, 3.63) is 47.5 Å². The van der Waals surface area contributed by atoms with Crippen LogP contribution in [0.2, 0.25) is 0 Å². The average molecular weight is 561 g/mol. The monoisotopic (exact) mass is 560 g/mol. The van der Waals surface area contributed by atoms with Crippen molar-refractivity contribution >= 4 is 50.8 Å². The number of benzene rings is 2. The van der Waals surface area contributed by atoms with E-state index in [1.165, 1.54) is 11.1 Å². The molecule has 1 fully saturated rings. The molecule has 0 bridgehead atoms. The first-order valence-corrected chi connectivity index (χ1v) is 15.0. The Morgan fingerprint density at radius 3 is 2.67 bits per heavy atom. The number of nitrogens with two attached hydrogens (primary N) is 1. The maximum Gasteiger partial charge on any atom is 0.237 e. The number of nitrogen functional groups attached to an aromatic ring is 1. The van der Waals surface area contributed by atoms with E-state index in [4.69, 9.17) is 20.4 Å². The zero-order valence-corrected chi connectivity index (χ0v) is 24.4. The van der Waals surface area contributed by atoms with Gasteiger partial charge in [0.25, 0.3) is 0 Å². The van der Waals surface area contributed by atoms with Gasteiger partial charge >= 0.3 is 0 Å². The lowest BCUT2D eigenvalue weighted by Crippen LogP contribution is -2.29. The van der Waals surface area contributed by atoms with Crippen molar-refractivity contribution in [2.45, 2.75) is 62.8 Å². The van der Waals surface area contributed by atoms with E-state index in [2.05, 4.69) is 46.5 Å². The molecule has 4 heterocycles. The van der Waals surface area contributed by atoms with E-state index >= 15 is 0 Å². The number of rotatable bonds is 6. The van der Waals surface area contributed by atoms with E-state index in [-0.39, 0.29) is 11.5 Å². The number of anilines is 5. The molecule has 6 rings (SSSR count). The van der Waals surface area contributed by atoms with Gasteiger partial charge in [0.2, 0.25) is 5.95 Å². The van der Waals surface area contributed by atoms with Crippen LogP contribution in [0, 0.1) is 6.92 Å². The van der Waals surface area contributed by atoms with Crippen LogP contribution in [0.4, 0.5) is 29.0 Å². The molecule has 1 saturated heterocycles. The van der Waals surface area contributed by atoms with Gasteiger partial charge in [-0.3, -0.25) is 14.2 Å². The van der Waals surface area contributed by atoms with Crippen molar-refractivity contribution in [1.29, 1.82) is 0 Å². The number of aromatic nitrogens is 4. The minimum absolute atomic E-state index is 0.0373. The van der Waals surface area contributed by atoms with E-state index in [9.17, 15) is 4.21 Å². The summed E-state index contributed by atoms with van der Waals surface area (Å²) in [5.41, 5.74) is 10.9. The first-order chi connectivity index (χ1) is 19.2. The summed E-state index contributed by atoms with van der Waals surface area (Å²) in [5, 5.41) is 11.1. The van der Waals surface area contributed by atoms with E-state index in [1.807, 2.05) is 49.9 Å². The fourth-order valence-corrected chi connectivity index (χ4v) is 6.75. The molecule has 2 aliphatic heterocycles. The number of hydrogen-bond donors (Lipinski definition) is 3. The molecule has 0 amide bonds. The number of fused-ring (bicyclic) bond motifs is 2. The molecule has 0 aliphatic carbocycles. The van der Waals surface area contributed by atoms with Crippen LogP contribution in [0.25, 0.3) is 11.0 Å². The van der Waals surface area contributed by atoms with Crippen molar-refractivity contribution in [1.82, 2.24) is 25.1 Å². The normalized spacial score (nSPS) is 18.8. The average Bonchev–Trinajstić information content (AvgIpc) is 3.46. The van der Waals surface area contributed by atoms with Gasteiger partial charge in [-0.15, -0.1) is 0 Å². The number of nitrogens with zero attached hydrogens (tertiary/aromatic N) is 5. The Labute approximate surface area is 236 Å². The predicted molar refractivity (Wildman–Crippen MR) is 160 cm³/mol. The number of ether oxygens (including phenoxy) is 1. The third-order valence-corrected chi connectivity index (χ3v) is 9.50. The standard InChI is InChI=1S/C29H36N8O2S/c1-16(2)40(38)24-9-7-6-8-21(24)31-27-25-26(30)34-35-28(25)33-29(32-27)37-18(4)39-23-15-20(17(3)14-22(23)37)19-10-12-36(5)13-11-19/h6-9,14-16,18-19H,10-13H2,1-5H3,(H4,30,31,32,33,34,35). The van der Waals surface area contributed by atoms with Gasteiger partial charge in [-0.05, 0) is 88.1 Å². The second-order valence-corrected chi connectivity index (χ2v) is 13.0. The third kappa shape index (κ3) is 4.66. The van der Waals surface area contributed by atoms with Crippen LogP contribution in [-0.2, 0) is 10.8 Å². The number of aryl methyl sites for hydroxylation is 1. The molecule has 2 aromatic carbocycles. The molecule has 0 spiro atoms. The number of para-hydroxylation sites is 1. The first kappa shape index (κ1) is 26.5. The summed E-state index contributed by atoms with van der Waals surface area (Å²) in [6.07, 6.45) is 1.98. The molecule has 4 aromatic rings. The fourth-order valence-electron chi connectivity index (χ4n) is 5.69. The van der Waals surface area contributed by atoms with Crippen LogP contribution in [0.5, 0.6) is 5.75 Å². The van der Waals surface area contributed by atoms with Crippen molar-refractivity contribution in [3.8, 4) is 5.75 Å². The Morgan fingerprint density at radius 1 is 1.18 bits per heavy atom. The molecule has 4 N–H and O–H groups in total. The van der Waals surface area contributed by atoms with Crippen molar-refractivity contribution in [2.24, 2.45) is 0 Å². The Bertz CT molecular complexity index is 1590. The molecule has 2 unspecified atom stereocenters. The topological polar surface area (TPSA) is 125 Å². The molecule has 10 nitrogen and oxygen atoms in total. The first-order valence-electron chi connectivity index (χ1n) is 13.8. The molecule has 0 radical (unpaired) electrons. The zero-order chi connectivity index (χ0) is 28.1. The van der Waals surface area contributed by atoms with Crippen molar-refractivity contribution in [2.75, 3.05) is 36.1 Å². The Morgan fingerprint density at radius 2 is 1.93 bits per heavy atom. The molecule has 40 heavy (non-hydrogen) atoms. The van der Waals surface area contributed by atoms with Gasteiger partial charge in [0, 0.05) is 5.25 Å².